The molecule has 6 rings (SSSR count). The monoisotopic (exact) mass is 814 g/mol. The minimum Gasteiger partial charge on any atom is -0.463 e. The molecule has 0 aromatic heterocycles. The maximum atomic E-state index is 13.0. The van der Waals surface area contributed by atoms with E-state index in [1.165, 1.54) is 5.56 Å². The van der Waals surface area contributed by atoms with Crippen LogP contribution in [0.3, 0.4) is 0 Å². The Morgan fingerprint density at radius 3 is 1.23 bits per heavy atom. The first-order chi connectivity index (χ1) is 29.5. The summed E-state index contributed by atoms with van der Waals surface area (Å²) >= 11 is 0. The van der Waals surface area contributed by atoms with Crippen molar-refractivity contribution >= 4 is 45.9 Å². The van der Waals surface area contributed by atoms with Gasteiger partial charge in [0.05, 0.1) is 12.2 Å². The van der Waals surface area contributed by atoms with Crippen LogP contribution in [0.1, 0.15) is 84.8 Å². The summed E-state index contributed by atoms with van der Waals surface area (Å²) in [6.45, 7) is 13.1. The predicted octanol–water partition coefficient (Wildman–Crippen LogP) is 14.3. The number of carbonyl (C=O) groups is 2. The number of aryl methyl sites for hydroxylation is 2. The Bertz CT molecular complexity index is 2260. The van der Waals surface area contributed by atoms with Crippen LogP contribution in [-0.2, 0) is 31.9 Å². The van der Waals surface area contributed by atoms with Gasteiger partial charge in [0.1, 0.15) is 12.4 Å². The Labute approximate surface area is 364 Å². The van der Waals surface area contributed by atoms with E-state index < -0.39 is 0 Å². The number of ketones is 1. The lowest BCUT2D eigenvalue weighted by atomic mass is 9.78. The van der Waals surface area contributed by atoms with Crippen LogP contribution in [0.2, 0.25) is 0 Å². The van der Waals surface area contributed by atoms with E-state index in [9.17, 15) is 9.59 Å². The molecule has 0 heterocycles. The smallest absolute Gasteiger partial charge is 0.306 e. The molecule has 0 aliphatic carbocycles. The van der Waals surface area contributed by atoms with E-state index >= 15 is 0 Å². The summed E-state index contributed by atoms with van der Waals surface area (Å²) in [5.41, 5.74) is 10.4. The molecule has 0 saturated heterocycles. The van der Waals surface area contributed by atoms with Crippen molar-refractivity contribution in [3.63, 3.8) is 0 Å². The summed E-state index contributed by atoms with van der Waals surface area (Å²) in [4.78, 5) is 30.0. The number of ether oxygens (including phenoxy) is 2. The Balaban J connectivity index is 1.14. The number of benzene rings is 6. The minimum absolute atomic E-state index is 0.213. The number of anilines is 6. The van der Waals surface area contributed by atoms with Gasteiger partial charge in [-0.3, -0.25) is 9.59 Å². The first-order valence-corrected chi connectivity index (χ1v) is 21.9. The van der Waals surface area contributed by atoms with Crippen molar-refractivity contribution < 1.29 is 19.1 Å². The SMILES string of the molecule is CCC(C)(C)OCCOC(=O)CCc1ccc(N(c2ccccc2)c2ccc(-c3ccc(N(c4ccccc4)c4ccc(CCC(=O)C(C)(CC)CC)cc4)cc3)cc2)cc1. The summed E-state index contributed by atoms with van der Waals surface area (Å²) in [5.74, 6) is 0.137. The second-order valence-corrected chi connectivity index (χ2v) is 16.6. The zero-order valence-electron chi connectivity index (χ0n) is 36.9. The van der Waals surface area contributed by atoms with Gasteiger partial charge in [0, 0.05) is 52.4 Å². The van der Waals surface area contributed by atoms with E-state index in [2.05, 4.69) is 183 Å². The van der Waals surface area contributed by atoms with Crippen LogP contribution in [0.4, 0.5) is 34.1 Å². The molecule has 0 fully saturated rings. The number of Topliss-reactive ketones (excluding diaryl/α,β-unsaturated/α-hetero) is 1. The molecule has 0 amide bonds. The Morgan fingerprint density at radius 2 is 0.836 bits per heavy atom. The molecule has 0 spiro atoms. The number of hydrogen-bond donors (Lipinski definition) is 0. The first-order valence-electron chi connectivity index (χ1n) is 21.9. The van der Waals surface area contributed by atoms with E-state index in [1.54, 1.807) is 0 Å². The highest BCUT2D eigenvalue weighted by molar-refractivity contribution is 5.85. The predicted molar refractivity (Wildman–Crippen MR) is 253 cm³/mol. The third-order valence-corrected chi connectivity index (χ3v) is 12.2. The number of esters is 1. The lowest BCUT2D eigenvalue weighted by Gasteiger charge is -2.26. The minimum atomic E-state index is -0.238. The third kappa shape index (κ3) is 11.9. The molecule has 6 aromatic carbocycles. The summed E-state index contributed by atoms with van der Waals surface area (Å²) in [5, 5.41) is 0. The third-order valence-electron chi connectivity index (χ3n) is 12.2. The second kappa shape index (κ2) is 21.0. The van der Waals surface area contributed by atoms with Gasteiger partial charge < -0.3 is 19.3 Å². The average Bonchev–Trinajstić information content (AvgIpc) is 3.31. The number of rotatable bonds is 21. The molecule has 61 heavy (non-hydrogen) atoms. The van der Waals surface area contributed by atoms with Gasteiger partial charge in [-0.05, 0) is 141 Å². The molecule has 0 aliphatic heterocycles. The number of hydrogen-bond acceptors (Lipinski definition) is 6. The number of carbonyl (C=O) groups excluding carboxylic acids is 2. The van der Waals surface area contributed by atoms with Crippen molar-refractivity contribution in [3.05, 3.63) is 169 Å². The molecule has 0 saturated carbocycles. The van der Waals surface area contributed by atoms with Crippen LogP contribution >= 0.6 is 0 Å². The molecule has 0 N–H and O–H groups in total. The largest absolute Gasteiger partial charge is 0.463 e. The van der Waals surface area contributed by atoms with Crippen LogP contribution in [0, 0.1) is 5.41 Å². The van der Waals surface area contributed by atoms with Crippen LogP contribution < -0.4 is 9.80 Å². The van der Waals surface area contributed by atoms with Crippen LogP contribution in [0.25, 0.3) is 11.1 Å². The molecule has 316 valence electrons. The highest BCUT2D eigenvalue weighted by atomic mass is 16.6. The van der Waals surface area contributed by atoms with Gasteiger partial charge in [-0.15, -0.1) is 0 Å². The highest BCUT2D eigenvalue weighted by Crippen LogP contribution is 2.38. The first kappa shape index (κ1) is 44.6. The summed E-state index contributed by atoms with van der Waals surface area (Å²) in [6, 6.07) is 55.3. The topological polar surface area (TPSA) is 59.1 Å². The van der Waals surface area contributed by atoms with Gasteiger partial charge in [-0.1, -0.05) is 113 Å². The molecule has 6 heteroatoms. The maximum absolute atomic E-state index is 13.0. The standard InChI is InChI=1S/C55H62N2O4/c1-7-54(4,5)61-41-40-60-53(59)39-25-43-22-32-49(33-23-43)57(47-18-14-11-15-19-47)51-36-28-45(29-37-51)44-26-34-50(35-27-44)56(46-16-12-10-13-17-46)48-30-20-42(21-31-48)24-38-52(58)55(6,8-2)9-3/h10-23,26-37H,7-9,24-25,38-41H2,1-6H3. The van der Waals surface area contributed by atoms with Gasteiger partial charge in [0.25, 0.3) is 0 Å². The fourth-order valence-electron chi connectivity index (χ4n) is 7.38. The van der Waals surface area contributed by atoms with Crippen molar-refractivity contribution in [2.45, 2.75) is 92.1 Å². The molecule has 6 nitrogen and oxygen atoms in total. The van der Waals surface area contributed by atoms with Gasteiger partial charge in [0.2, 0.25) is 0 Å². The molecule has 6 aromatic rings. The Morgan fingerprint density at radius 1 is 0.459 bits per heavy atom. The fraction of sp³-hybridized carbons (Fsp3) is 0.309. The van der Waals surface area contributed by atoms with E-state index in [1.807, 2.05) is 26.0 Å². The highest BCUT2D eigenvalue weighted by Gasteiger charge is 2.28. The van der Waals surface area contributed by atoms with Crippen molar-refractivity contribution in [2.24, 2.45) is 5.41 Å². The second-order valence-electron chi connectivity index (χ2n) is 16.6. The average molecular weight is 815 g/mol. The zero-order chi connectivity index (χ0) is 43.2. The Hall–Kier alpha value is -5.98. The van der Waals surface area contributed by atoms with E-state index in [-0.39, 0.29) is 23.6 Å². The molecular formula is C55H62N2O4. The summed E-state index contributed by atoms with van der Waals surface area (Å²) in [6.07, 6.45) is 4.89. The van der Waals surface area contributed by atoms with Crippen LogP contribution in [-0.4, -0.2) is 30.6 Å². The molecule has 0 unspecified atom stereocenters. The lowest BCUT2D eigenvalue weighted by molar-refractivity contribution is -0.147. The zero-order valence-corrected chi connectivity index (χ0v) is 36.9. The molecule has 0 bridgehead atoms. The van der Waals surface area contributed by atoms with E-state index in [0.717, 1.165) is 76.5 Å². The molecule has 0 atom stereocenters. The van der Waals surface area contributed by atoms with Crippen molar-refractivity contribution in [2.75, 3.05) is 23.0 Å². The van der Waals surface area contributed by atoms with Gasteiger partial charge in [0.15, 0.2) is 0 Å². The van der Waals surface area contributed by atoms with Gasteiger partial charge in [-0.2, -0.15) is 0 Å². The molecule has 0 aliphatic rings. The van der Waals surface area contributed by atoms with Crippen molar-refractivity contribution in [1.29, 1.82) is 0 Å². The Kier molecular flexibility index (Phi) is 15.3. The molecule has 0 radical (unpaired) electrons. The normalized spacial score (nSPS) is 11.6. The van der Waals surface area contributed by atoms with Crippen LogP contribution in [0.5, 0.6) is 0 Å². The van der Waals surface area contributed by atoms with Gasteiger partial charge in [-0.25, -0.2) is 0 Å². The van der Waals surface area contributed by atoms with Crippen molar-refractivity contribution in [3.8, 4) is 11.1 Å². The fourth-order valence-corrected chi connectivity index (χ4v) is 7.38. The molecular weight excluding hydrogens is 753 g/mol. The summed E-state index contributed by atoms with van der Waals surface area (Å²) < 4.78 is 11.2. The van der Waals surface area contributed by atoms with Crippen molar-refractivity contribution in [1.82, 2.24) is 0 Å². The van der Waals surface area contributed by atoms with E-state index in [4.69, 9.17) is 9.47 Å². The van der Waals surface area contributed by atoms with E-state index in [0.29, 0.717) is 31.7 Å². The lowest BCUT2D eigenvalue weighted by Crippen LogP contribution is -2.26. The van der Waals surface area contributed by atoms with Crippen LogP contribution in [0.15, 0.2) is 158 Å². The number of nitrogens with zero attached hydrogens (tertiary/aromatic N) is 2. The maximum Gasteiger partial charge on any atom is 0.306 e. The van der Waals surface area contributed by atoms with Gasteiger partial charge >= 0.3 is 5.97 Å². The quantitative estimate of drug-likeness (QED) is 0.0533. The summed E-state index contributed by atoms with van der Waals surface area (Å²) in [7, 11) is 0. The number of para-hydroxylation sites is 2.